The lowest BCUT2D eigenvalue weighted by atomic mass is 9.74. The molecule has 0 aliphatic heterocycles. The summed E-state index contributed by atoms with van der Waals surface area (Å²) in [6.45, 7) is 22.2. The van der Waals surface area contributed by atoms with Gasteiger partial charge in [-0.3, -0.25) is 0 Å². The molecule has 0 heterocycles. The molecule has 2 unspecified atom stereocenters. The first-order valence-corrected chi connectivity index (χ1v) is 9.89. The van der Waals surface area contributed by atoms with E-state index in [2.05, 4.69) is 80.5 Å². The fourth-order valence-electron chi connectivity index (χ4n) is 3.42. The second-order valence-electron chi connectivity index (χ2n) is 9.97. The highest BCUT2D eigenvalue weighted by molar-refractivity contribution is 5.81. The van der Waals surface area contributed by atoms with Gasteiger partial charge in [0.1, 0.15) is 0 Å². The molecule has 150 valence electrons. The Bertz CT molecular complexity index is 737. The summed E-state index contributed by atoms with van der Waals surface area (Å²) in [5.74, 6) is -0.243. The van der Waals surface area contributed by atoms with E-state index in [0.717, 1.165) is 5.57 Å². The quantitative estimate of drug-likeness (QED) is 0.451. The molecule has 0 spiro atoms. The van der Waals surface area contributed by atoms with E-state index in [1.165, 1.54) is 28.3 Å². The second-order valence-corrected chi connectivity index (χ2v) is 9.97. The van der Waals surface area contributed by atoms with Crippen molar-refractivity contribution >= 4 is 5.97 Å². The summed E-state index contributed by atoms with van der Waals surface area (Å²) in [5.41, 5.74) is 6.51. The number of rotatable bonds is 5. The van der Waals surface area contributed by atoms with Crippen molar-refractivity contribution in [3.8, 4) is 0 Å². The molecule has 0 bridgehead atoms. The predicted octanol–water partition coefficient (Wildman–Crippen LogP) is 6.92. The topological polar surface area (TPSA) is 37.3 Å². The summed E-state index contributed by atoms with van der Waals surface area (Å²) in [6.07, 6.45) is 5.29. The van der Waals surface area contributed by atoms with Crippen LogP contribution in [0.2, 0.25) is 0 Å². The van der Waals surface area contributed by atoms with Gasteiger partial charge in [-0.25, -0.2) is 4.79 Å². The zero-order chi connectivity index (χ0) is 21.2. The van der Waals surface area contributed by atoms with Crippen molar-refractivity contribution in [2.75, 3.05) is 0 Å². The molecule has 0 saturated carbocycles. The average molecular weight is 371 g/mol. The number of carboxylic acid groups (broad SMARTS) is 1. The van der Waals surface area contributed by atoms with Crippen LogP contribution >= 0.6 is 0 Å². The molecule has 0 aliphatic carbocycles. The van der Waals surface area contributed by atoms with Crippen molar-refractivity contribution in [1.29, 1.82) is 0 Å². The van der Waals surface area contributed by atoms with Gasteiger partial charge in [-0.15, -0.1) is 0 Å². The molecule has 2 atom stereocenters. The maximum atomic E-state index is 10.8. The normalized spacial score (nSPS) is 15.9. The van der Waals surface area contributed by atoms with Crippen LogP contribution in [0, 0.1) is 12.8 Å². The molecule has 2 nitrogen and oxygen atoms in total. The van der Waals surface area contributed by atoms with Gasteiger partial charge in [-0.1, -0.05) is 79.7 Å². The van der Waals surface area contributed by atoms with E-state index in [4.69, 9.17) is 5.11 Å². The monoisotopic (exact) mass is 370 g/mol. The summed E-state index contributed by atoms with van der Waals surface area (Å²) in [4.78, 5) is 10.8. The Morgan fingerprint density at radius 2 is 1.59 bits per heavy atom. The lowest BCUT2D eigenvalue weighted by Crippen LogP contribution is -2.20. The molecule has 0 amide bonds. The fourth-order valence-corrected chi connectivity index (χ4v) is 3.42. The van der Waals surface area contributed by atoms with Gasteiger partial charge in [0.05, 0.1) is 0 Å². The van der Waals surface area contributed by atoms with Gasteiger partial charge in [0.2, 0.25) is 0 Å². The Hall–Kier alpha value is -1.83. The Kier molecular flexibility index (Phi) is 7.27. The highest BCUT2D eigenvalue weighted by Crippen LogP contribution is 2.38. The van der Waals surface area contributed by atoms with Gasteiger partial charge in [0.25, 0.3) is 0 Å². The van der Waals surface area contributed by atoms with Crippen molar-refractivity contribution in [2.45, 2.75) is 86.0 Å². The summed E-state index contributed by atoms with van der Waals surface area (Å²) < 4.78 is 0. The number of aliphatic carboxylic acids is 1. The maximum absolute atomic E-state index is 10.8. The van der Waals surface area contributed by atoms with E-state index in [-0.39, 0.29) is 10.8 Å². The van der Waals surface area contributed by atoms with Gasteiger partial charge in [0.15, 0.2) is 0 Å². The van der Waals surface area contributed by atoms with Crippen molar-refractivity contribution in [1.82, 2.24) is 0 Å². The van der Waals surface area contributed by atoms with Crippen LogP contribution in [-0.4, -0.2) is 11.1 Å². The Labute approximate surface area is 166 Å². The first kappa shape index (κ1) is 23.2. The number of benzene rings is 1. The minimum atomic E-state index is -0.901. The zero-order valence-corrected chi connectivity index (χ0v) is 18.9. The Balaban J connectivity index is 3.38. The highest BCUT2D eigenvalue weighted by atomic mass is 16.4. The average Bonchev–Trinajstić information content (AvgIpc) is 2.49. The van der Waals surface area contributed by atoms with Gasteiger partial charge in [-0.05, 0) is 64.3 Å². The zero-order valence-electron chi connectivity index (χ0n) is 18.9. The Morgan fingerprint density at radius 1 is 1.04 bits per heavy atom. The fraction of sp³-hybridized carbons (Fsp3) is 0.560. The van der Waals surface area contributed by atoms with Gasteiger partial charge in [0, 0.05) is 6.08 Å². The molecule has 1 aromatic carbocycles. The standard InChI is InChI=1S/C25H38O2/c1-16(13-23(26)27)11-12-17(2)18(3)21-14-20(24(5,6)7)15-22(19(21)4)25(8,9)10/h11-15,17-18H,1-10H3,(H,26,27)/b12-11+,16-13+. The van der Waals surface area contributed by atoms with Gasteiger partial charge >= 0.3 is 5.97 Å². The number of carboxylic acids is 1. The van der Waals surface area contributed by atoms with Gasteiger partial charge in [-0.2, -0.15) is 0 Å². The van der Waals surface area contributed by atoms with Crippen LogP contribution in [0.15, 0.2) is 35.9 Å². The summed E-state index contributed by atoms with van der Waals surface area (Å²) in [5, 5.41) is 8.88. The third kappa shape index (κ3) is 6.37. The number of carbonyl (C=O) groups is 1. The van der Waals surface area contributed by atoms with Crippen LogP contribution in [0.5, 0.6) is 0 Å². The minimum Gasteiger partial charge on any atom is -0.478 e. The molecule has 1 N–H and O–H groups in total. The lowest BCUT2D eigenvalue weighted by molar-refractivity contribution is -0.131. The van der Waals surface area contributed by atoms with E-state index < -0.39 is 5.97 Å². The molecule has 1 rings (SSSR count). The van der Waals surface area contributed by atoms with E-state index in [9.17, 15) is 4.79 Å². The largest absolute Gasteiger partial charge is 0.478 e. The smallest absolute Gasteiger partial charge is 0.328 e. The summed E-state index contributed by atoms with van der Waals surface area (Å²) in [6, 6.07) is 4.76. The van der Waals surface area contributed by atoms with E-state index in [1.54, 1.807) is 0 Å². The predicted molar refractivity (Wildman–Crippen MR) is 117 cm³/mol. The van der Waals surface area contributed by atoms with Crippen LogP contribution in [0.1, 0.15) is 90.5 Å². The summed E-state index contributed by atoms with van der Waals surface area (Å²) in [7, 11) is 0. The summed E-state index contributed by atoms with van der Waals surface area (Å²) >= 11 is 0. The minimum absolute atomic E-state index is 0.0969. The molecule has 0 fully saturated rings. The molecular weight excluding hydrogens is 332 g/mol. The molecule has 0 radical (unpaired) electrons. The van der Waals surface area contributed by atoms with Crippen LogP contribution in [0.3, 0.4) is 0 Å². The molecule has 0 aliphatic rings. The van der Waals surface area contributed by atoms with Crippen molar-refractivity contribution in [3.63, 3.8) is 0 Å². The van der Waals surface area contributed by atoms with Crippen LogP contribution in [0.4, 0.5) is 0 Å². The van der Waals surface area contributed by atoms with Crippen LogP contribution in [-0.2, 0) is 15.6 Å². The lowest BCUT2D eigenvalue weighted by Gasteiger charge is -2.31. The van der Waals surface area contributed by atoms with Crippen LogP contribution in [0.25, 0.3) is 0 Å². The van der Waals surface area contributed by atoms with E-state index >= 15 is 0 Å². The second kappa shape index (κ2) is 8.46. The molecule has 1 aromatic rings. The molecule has 0 aromatic heterocycles. The third-order valence-electron chi connectivity index (χ3n) is 5.41. The molecular formula is C25H38O2. The number of hydrogen-bond acceptors (Lipinski definition) is 1. The van der Waals surface area contributed by atoms with Crippen LogP contribution < -0.4 is 0 Å². The Morgan fingerprint density at radius 3 is 2.04 bits per heavy atom. The SMILES string of the molecule is CC(/C=C/C(C)C(C)c1cc(C(C)(C)C)cc(C(C)(C)C)c1C)=C\C(=O)O. The van der Waals surface area contributed by atoms with E-state index in [1.807, 2.05) is 13.0 Å². The van der Waals surface area contributed by atoms with E-state index in [0.29, 0.717) is 11.8 Å². The molecule has 2 heteroatoms. The first-order valence-electron chi connectivity index (χ1n) is 9.89. The highest BCUT2D eigenvalue weighted by Gasteiger charge is 2.25. The van der Waals surface area contributed by atoms with Crippen molar-refractivity contribution in [3.05, 3.63) is 58.2 Å². The van der Waals surface area contributed by atoms with Crippen molar-refractivity contribution in [2.24, 2.45) is 5.92 Å². The first-order chi connectivity index (χ1) is 12.1. The molecule has 27 heavy (non-hydrogen) atoms. The third-order valence-corrected chi connectivity index (χ3v) is 5.41. The number of hydrogen-bond donors (Lipinski definition) is 1. The van der Waals surface area contributed by atoms with Gasteiger partial charge < -0.3 is 5.11 Å². The maximum Gasteiger partial charge on any atom is 0.328 e. The molecule has 0 saturated heterocycles. The van der Waals surface area contributed by atoms with Crippen molar-refractivity contribution < 1.29 is 9.90 Å². The number of allylic oxidation sites excluding steroid dienone is 3.